The third-order valence-electron chi connectivity index (χ3n) is 3.69. The maximum atomic E-state index is 4.27. The lowest BCUT2D eigenvalue weighted by Crippen LogP contribution is -2.35. The summed E-state index contributed by atoms with van der Waals surface area (Å²) < 4.78 is 2.29. The fraction of sp³-hybridized carbons (Fsp3) is 0.769. The molecule has 3 nitrogen and oxygen atoms in total. The number of nitrogens with one attached hydrogen (secondary N) is 1. The Morgan fingerprint density at radius 3 is 2.88 bits per heavy atom. The van der Waals surface area contributed by atoms with E-state index in [1.807, 2.05) is 19.6 Å². The summed E-state index contributed by atoms with van der Waals surface area (Å²) in [7, 11) is 2.00. The fourth-order valence-electron chi connectivity index (χ4n) is 2.10. The molecule has 0 unspecified atom stereocenters. The van der Waals surface area contributed by atoms with E-state index in [0.29, 0.717) is 0 Å². The Morgan fingerprint density at radius 2 is 2.25 bits per heavy atom. The average Bonchev–Trinajstić information content (AvgIpc) is 2.95. The Hall–Kier alpha value is -0.830. The van der Waals surface area contributed by atoms with Crippen LogP contribution in [-0.4, -0.2) is 16.6 Å². The molecule has 3 heteroatoms. The maximum absolute atomic E-state index is 4.27. The molecule has 0 atom stereocenters. The number of hydrogen-bond acceptors (Lipinski definition) is 2. The second kappa shape index (κ2) is 4.58. The second-order valence-corrected chi connectivity index (χ2v) is 5.43. The summed E-state index contributed by atoms with van der Waals surface area (Å²) >= 11 is 0. The van der Waals surface area contributed by atoms with Gasteiger partial charge in [-0.1, -0.05) is 12.8 Å². The zero-order chi connectivity index (χ0) is 11.6. The summed E-state index contributed by atoms with van der Waals surface area (Å²) in [5, 5.41) is 3.33. The van der Waals surface area contributed by atoms with Crippen LogP contribution < -0.4 is 5.32 Å². The van der Waals surface area contributed by atoms with Crippen LogP contribution in [0.15, 0.2) is 12.5 Å². The van der Waals surface area contributed by atoms with Crippen molar-refractivity contribution in [2.45, 2.75) is 51.6 Å². The van der Waals surface area contributed by atoms with Crippen molar-refractivity contribution in [3.05, 3.63) is 18.2 Å². The van der Waals surface area contributed by atoms with Crippen molar-refractivity contribution in [3.63, 3.8) is 0 Å². The Bertz CT molecular complexity index is 337. The van der Waals surface area contributed by atoms with Gasteiger partial charge in [-0.25, -0.2) is 4.98 Å². The number of rotatable bonds is 6. The molecule has 16 heavy (non-hydrogen) atoms. The minimum Gasteiger partial charge on any atom is -0.333 e. The molecule has 0 saturated heterocycles. The standard InChI is InChI=1S/C13H23N3/c1-13(2,14-3)12-9-15-10-16(12)8-4-5-11-6-7-11/h9-11,14H,4-8H2,1-3H3. The van der Waals surface area contributed by atoms with Crippen LogP contribution in [0.25, 0.3) is 0 Å². The van der Waals surface area contributed by atoms with E-state index in [-0.39, 0.29) is 5.54 Å². The highest BCUT2D eigenvalue weighted by Crippen LogP contribution is 2.33. The van der Waals surface area contributed by atoms with Crippen molar-refractivity contribution in [2.75, 3.05) is 7.05 Å². The van der Waals surface area contributed by atoms with Gasteiger partial charge in [0.1, 0.15) is 0 Å². The quantitative estimate of drug-likeness (QED) is 0.800. The molecule has 1 aromatic rings. The van der Waals surface area contributed by atoms with E-state index < -0.39 is 0 Å². The molecule has 1 saturated carbocycles. The Morgan fingerprint density at radius 1 is 1.50 bits per heavy atom. The summed E-state index contributed by atoms with van der Waals surface area (Å²) in [4.78, 5) is 4.27. The van der Waals surface area contributed by atoms with E-state index in [0.717, 1.165) is 12.5 Å². The smallest absolute Gasteiger partial charge is 0.0948 e. The molecule has 90 valence electrons. The third-order valence-corrected chi connectivity index (χ3v) is 3.69. The molecule has 2 rings (SSSR count). The van der Waals surface area contributed by atoms with E-state index in [1.165, 1.54) is 31.4 Å². The molecule has 1 N–H and O–H groups in total. The lowest BCUT2D eigenvalue weighted by atomic mass is 10.0. The zero-order valence-corrected chi connectivity index (χ0v) is 10.7. The van der Waals surface area contributed by atoms with Crippen molar-refractivity contribution in [1.82, 2.24) is 14.9 Å². The summed E-state index contributed by atoms with van der Waals surface area (Å²) in [6.07, 6.45) is 9.53. The van der Waals surface area contributed by atoms with Crippen LogP contribution in [-0.2, 0) is 12.1 Å². The minimum atomic E-state index is 0.0100. The van der Waals surface area contributed by atoms with Crippen LogP contribution in [0, 0.1) is 5.92 Å². The second-order valence-electron chi connectivity index (χ2n) is 5.43. The van der Waals surface area contributed by atoms with Crippen molar-refractivity contribution < 1.29 is 0 Å². The van der Waals surface area contributed by atoms with Crippen molar-refractivity contribution in [2.24, 2.45) is 5.92 Å². The van der Waals surface area contributed by atoms with Crippen LogP contribution >= 0.6 is 0 Å². The highest BCUT2D eigenvalue weighted by molar-refractivity contribution is 5.10. The highest BCUT2D eigenvalue weighted by atomic mass is 15.1. The van der Waals surface area contributed by atoms with Crippen molar-refractivity contribution in [1.29, 1.82) is 0 Å². The van der Waals surface area contributed by atoms with Gasteiger partial charge < -0.3 is 9.88 Å². The maximum Gasteiger partial charge on any atom is 0.0948 e. The number of aromatic nitrogens is 2. The first-order valence-electron chi connectivity index (χ1n) is 6.33. The molecule has 1 aliphatic carbocycles. The Labute approximate surface area is 98.3 Å². The largest absolute Gasteiger partial charge is 0.333 e. The van der Waals surface area contributed by atoms with Gasteiger partial charge in [-0.15, -0.1) is 0 Å². The Kier molecular flexibility index (Phi) is 3.33. The molecule has 1 aliphatic rings. The fourth-order valence-corrected chi connectivity index (χ4v) is 2.10. The van der Waals surface area contributed by atoms with Gasteiger partial charge in [0.2, 0.25) is 0 Å². The van der Waals surface area contributed by atoms with Gasteiger partial charge in [0.05, 0.1) is 17.6 Å². The molecular formula is C13H23N3. The first-order valence-corrected chi connectivity index (χ1v) is 6.33. The SMILES string of the molecule is CNC(C)(C)c1cncn1CCCC1CC1. The topological polar surface area (TPSA) is 29.9 Å². The predicted molar refractivity (Wildman–Crippen MR) is 66.3 cm³/mol. The predicted octanol–water partition coefficient (Wildman–Crippen LogP) is 2.53. The van der Waals surface area contributed by atoms with Gasteiger partial charge in [0, 0.05) is 12.7 Å². The van der Waals surface area contributed by atoms with E-state index in [4.69, 9.17) is 0 Å². The van der Waals surface area contributed by atoms with Crippen molar-refractivity contribution in [3.8, 4) is 0 Å². The summed E-state index contributed by atoms with van der Waals surface area (Å²) in [5.74, 6) is 1.03. The van der Waals surface area contributed by atoms with Gasteiger partial charge in [0.25, 0.3) is 0 Å². The number of aryl methyl sites for hydroxylation is 1. The third kappa shape index (κ3) is 2.64. The van der Waals surface area contributed by atoms with E-state index in [2.05, 4.69) is 28.7 Å². The van der Waals surface area contributed by atoms with Gasteiger partial charge in [0.15, 0.2) is 0 Å². The molecule has 0 aliphatic heterocycles. The highest BCUT2D eigenvalue weighted by Gasteiger charge is 2.23. The zero-order valence-electron chi connectivity index (χ0n) is 10.7. The van der Waals surface area contributed by atoms with Crippen molar-refractivity contribution >= 4 is 0 Å². The average molecular weight is 221 g/mol. The minimum absolute atomic E-state index is 0.0100. The van der Waals surface area contributed by atoms with E-state index in [9.17, 15) is 0 Å². The van der Waals surface area contributed by atoms with Crippen LogP contribution in [0.3, 0.4) is 0 Å². The van der Waals surface area contributed by atoms with Gasteiger partial charge in [-0.3, -0.25) is 0 Å². The molecule has 0 aromatic carbocycles. The first kappa shape index (κ1) is 11.6. The Balaban J connectivity index is 1.94. The van der Waals surface area contributed by atoms with Crippen LogP contribution in [0.2, 0.25) is 0 Å². The van der Waals surface area contributed by atoms with E-state index >= 15 is 0 Å². The van der Waals surface area contributed by atoms with E-state index in [1.54, 1.807) is 0 Å². The van der Waals surface area contributed by atoms with Gasteiger partial charge >= 0.3 is 0 Å². The lowest BCUT2D eigenvalue weighted by Gasteiger charge is -2.25. The van der Waals surface area contributed by atoms with Crippen LogP contribution in [0.4, 0.5) is 0 Å². The molecule has 0 radical (unpaired) electrons. The molecule has 1 fully saturated rings. The monoisotopic (exact) mass is 221 g/mol. The summed E-state index contributed by atoms with van der Waals surface area (Å²) in [5.41, 5.74) is 1.29. The van der Waals surface area contributed by atoms with Crippen LogP contribution in [0.5, 0.6) is 0 Å². The van der Waals surface area contributed by atoms with Gasteiger partial charge in [-0.05, 0) is 39.7 Å². The molecule has 1 aromatic heterocycles. The molecule has 0 spiro atoms. The molecule has 0 bridgehead atoms. The first-order chi connectivity index (χ1) is 7.63. The summed E-state index contributed by atoms with van der Waals surface area (Å²) in [6.45, 7) is 5.50. The van der Waals surface area contributed by atoms with Gasteiger partial charge in [-0.2, -0.15) is 0 Å². The molecule has 0 amide bonds. The molecular weight excluding hydrogens is 198 g/mol. The number of nitrogens with zero attached hydrogens (tertiary/aromatic N) is 2. The molecule has 1 heterocycles. The lowest BCUT2D eigenvalue weighted by molar-refractivity contribution is 0.403. The number of imidazole rings is 1. The number of hydrogen-bond donors (Lipinski definition) is 1. The summed E-state index contributed by atoms with van der Waals surface area (Å²) in [6, 6.07) is 0. The van der Waals surface area contributed by atoms with Crippen LogP contribution in [0.1, 0.15) is 45.2 Å². The normalized spacial score (nSPS) is 16.7.